The van der Waals surface area contributed by atoms with Gasteiger partial charge >= 0.3 is 11.9 Å². The van der Waals surface area contributed by atoms with E-state index in [9.17, 15) is 9.59 Å². The Morgan fingerprint density at radius 3 is 1.10 bits per heavy atom. The van der Waals surface area contributed by atoms with Gasteiger partial charge in [-0.05, 0) is 38.5 Å². The van der Waals surface area contributed by atoms with Crippen molar-refractivity contribution in [3.05, 3.63) is 0 Å². The highest BCUT2D eigenvalue weighted by Crippen LogP contribution is 2.19. The lowest BCUT2D eigenvalue weighted by atomic mass is 10.0. The van der Waals surface area contributed by atoms with Gasteiger partial charge in [-0.2, -0.15) is 0 Å². The van der Waals surface area contributed by atoms with Gasteiger partial charge in [0.1, 0.15) is 6.10 Å². The average Bonchev–Trinajstić information content (AvgIpc) is 2.93. The van der Waals surface area contributed by atoms with Crippen molar-refractivity contribution in [2.24, 2.45) is 0 Å². The third kappa shape index (κ3) is 31.5. The quantitative estimate of drug-likeness (QED) is 0.0633. The fourth-order valence-electron chi connectivity index (χ4n) is 5.66. The molecule has 0 aliphatic carbocycles. The Hall–Kier alpha value is -1.06. The lowest BCUT2D eigenvalue weighted by Crippen LogP contribution is -2.18. The van der Waals surface area contributed by atoms with Crippen LogP contribution in [0.25, 0.3) is 0 Å². The average molecular weight is 567 g/mol. The van der Waals surface area contributed by atoms with E-state index in [0.717, 1.165) is 70.6 Å². The fourth-order valence-corrected chi connectivity index (χ4v) is 5.66. The minimum Gasteiger partial charge on any atom is -0.481 e. The molecule has 1 N–H and O–H groups in total. The van der Waals surface area contributed by atoms with Crippen molar-refractivity contribution in [2.75, 3.05) is 0 Å². The van der Waals surface area contributed by atoms with Crippen LogP contribution in [-0.2, 0) is 14.3 Å². The first-order chi connectivity index (χ1) is 19.6. The predicted molar refractivity (Wildman–Crippen MR) is 172 cm³/mol. The van der Waals surface area contributed by atoms with E-state index in [1.54, 1.807) is 0 Å². The van der Waals surface area contributed by atoms with Crippen LogP contribution in [0.1, 0.15) is 213 Å². The summed E-state index contributed by atoms with van der Waals surface area (Å²) in [4.78, 5) is 23.2. The molecule has 0 amide bonds. The zero-order valence-corrected chi connectivity index (χ0v) is 27.2. The van der Waals surface area contributed by atoms with Crippen LogP contribution in [0.5, 0.6) is 0 Å². The van der Waals surface area contributed by atoms with Crippen LogP contribution in [0.15, 0.2) is 0 Å². The summed E-state index contributed by atoms with van der Waals surface area (Å²) in [5, 5.41) is 8.74. The molecule has 0 aliphatic rings. The highest BCUT2D eigenvalue weighted by Gasteiger charge is 2.14. The zero-order valence-electron chi connectivity index (χ0n) is 27.2. The first-order valence-electron chi connectivity index (χ1n) is 18.0. The third-order valence-corrected chi connectivity index (χ3v) is 8.33. The highest BCUT2D eigenvalue weighted by molar-refractivity contribution is 5.69. The number of carbonyl (C=O) groups is 2. The highest BCUT2D eigenvalue weighted by atomic mass is 16.5. The van der Waals surface area contributed by atoms with Crippen molar-refractivity contribution in [2.45, 2.75) is 219 Å². The molecule has 4 heteroatoms. The second kappa shape index (κ2) is 32.5. The molecule has 0 unspecified atom stereocenters. The molecule has 0 radical (unpaired) electrons. The summed E-state index contributed by atoms with van der Waals surface area (Å²) in [6, 6.07) is 0. The Kier molecular flexibility index (Phi) is 31.6. The minimum atomic E-state index is -0.691. The van der Waals surface area contributed by atoms with Crippen LogP contribution in [-0.4, -0.2) is 23.1 Å². The Bertz CT molecular complexity index is 533. The number of ether oxygens (including phenoxy) is 1. The van der Waals surface area contributed by atoms with Crippen molar-refractivity contribution in [1.82, 2.24) is 0 Å². The lowest BCUT2D eigenvalue weighted by Gasteiger charge is -2.18. The van der Waals surface area contributed by atoms with Crippen LogP contribution >= 0.6 is 0 Å². The van der Waals surface area contributed by atoms with Gasteiger partial charge in [0.15, 0.2) is 0 Å². The Balaban J connectivity index is 3.87. The number of hydrogen-bond donors (Lipinski definition) is 1. The van der Waals surface area contributed by atoms with Crippen LogP contribution in [0, 0.1) is 0 Å². The number of rotatable bonds is 33. The molecule has 0 heterocycles. The van der Waals surface area contributed by atoms with E-state index in [0.29, 0.717) is 6.42 Å². The summed E-state index contributed by atoms with van der Waals surface area (Å²) < 4.78 is 5.96. The number of unbranched alkanes of at least 4 members (excludes halogenated alkanes) is 24. The van der Waals surface area contributed by atoms with Gasteiger partial charge in [0.2, 0.25) is 0 Å². The predicted octanol–water partition coefficient (Wildman–Crippen LogP) is 12.1. The molecule has 238 valence electrons. The van der Waals surface area contributed by atoms with E-state index in [1.165, 1.54) is 116 Å². The van der Waals surface area contributed by atoms with Gasteiger partial charge in [-0.15, -0.1) is 0 Å². The second-order valence-electron chi connectivity index (χ2n) is 12.4. The Morgan fingerprint density at radius 2 is 0.750 bits per heavy atom. The Morgan fingerprint density at radius 1 is 0.450 bits per heavy atom. The van der Waals surface area contributed by atoms with Gasteiger partial charge in [-0.25, -0.2) is 0 Å². The maximum absolute atomic E-state index is 12.6. The monoisotopic (exact) mass is 567 g/mol. The van der Waals surface area contributed by atoms with E-state index in [2.05, 4.69) is 13.8 Å². The molecule has 0 bridgehead atoms. The van der Waals surface area contributed by atoms with Crippen molar-refractivity contribution in [3.63, 3.8) is 0 Å². The van der Waals surface area contributed by atoms with Gasteiger partial charge < -0.3 is 9.84 Å². The smallest absolute Gasteiger partial charge is 0.306 e. The summed E-state index contributed by atoms with van der Waals surface area (Å²) in [5.41, 5.74) is 0. The zero-order chi connectivity index (χ0) is 29.4. The van der Waals surface area contributed by atoms with E-state index in [1.807, 2.05) is 0 Å². The summed E-state index contributed by atoms with van der Waals surface area (Å²) in [6.07, 6.45) is 36.9. The molecule has 1 atom stereocenters. The number of aliphatic carboxylic acids is 1. The first-order valence-corrected chi connectivity index (χ1v) is 18.0. The molecule has 0 aromatic rings. The largest absolute Gasteiger partial charge is 0.481 e. The normalized spacial score (nSPS) is 12.1. The van der Waals surface area contributed by atoms with Gasteiger partial charge in [-0.3, -0.25) is 9.59 Å². The van der Waals surface area contributed by atoms with Gasteiger partial charge in [0.25, 0.3) is 0 Å². The number of esters is 1. The third-order valence-electron chi connectivity index (χ3n) is 8.33. The number of carboxylic acid groups (broad SMARTS) is 1. The molecule has 0 saturated carbocycles. The molecule has 0 fully saturated rings. The van der Waals surface area contributed by atoms with E-state index in [-0.39, 0.29) is 18.5 Å². The molecule has 0 saturated heterocycles. The van der Waals surface area contributed by atoms with E-state index >= 15 is 0 Å². The van der Waals surface area contributed by atoms with Gasteiger partial charge in [0, 0.05) is 12.8 Å². The van der Waals surface area contributed by atoms with Crippen molar-refractivity contribution >= 4 is 11.9 Å². The van der Waals surface area contributed by atoms with Gasteiger partial charge in [0.05, 0.1) is 0 Å². The molecule has 0 aliphatic heterocycles. The molecule has 4 nitrogen and oxygen atoms in total. The Labute approximate surface area is 250 Å². The van der Waals surface area contributed by atoms with E-state index in [4.69, 9.17) is 9.84 Å². The number of carboxylic acids is 1. The summed E-state index contributed by atoms with van der Waals surface area (Å²) in [7, 11) is 0. The van der Waals surface area contributed by atoms with Crippen molar-refractivity contribution < 1.29 is 19.4 Å². The van der Waals surface area contributed by atoms with Crippen LogP contribution in [0.2, 0.25) is 0 Å². The fraction of sp³-hybridized carbons (Fsp3) is 0.944. The molecular weight excluding hydrogens is 496 g/mol. The maximum atomic E-state index is 12.6. The molecule has 0 spiro atoms. The molecule has 0 aromatic carbocycles. The van der Waals surface area contributed by atoms with Crippen LogP contribution in [0.3, 0.4) is 0 Å². The maximum Gasteiger partial charge on any atom is 0.306 e. The topological polar surface area (TPSA) is 63.6 Å². The van der Waals surface area contributed by atoms with Gasteiger partial charge in [-0.1, -0.05) is 162 Å². The molecule has 0 rings (SSSR count). The molecular formula is C36H70O4. The number of hydrogen-bond acceptors (Lipinski definition) is 3. The minimum absolute atomic E-state index is 0.0133. The molecule has 0 aromatic heterocycles. The lowest BCUT2D eigenvalue weighted by molar-refractivity contribution is -0.150. The van der Waals surface area contributed by atoms with Crippen LogP contribution < -0.4 is 0 Å². The second-order valence-corrected chi connectivity index (χ2v) is 12.4. The summed E-state index contributed by atoms with van der Waals surface area (Å²) >= 11 is 0. The van der Waals surface area contributed by atoms with Crippen molar-refractivity contribution in [1.29, 1.82) is 0 Å². The number of carbonyl (C=O) groups excluding carboxylic acids is 1. The first kappa shape index (κ1) is 38.9. The van der Waals surface area contributed by atoms with Crippen molar-refractivity contribution in [3.8, 4) is 0 Å². The molecule has 40 heavy (non-hydrogen) atoms. The van der Waals surface area contributed by atoms with Crippen LogP contribution in [0.4, 0.5) is 0 Å². The summed E-state index contributed by atoms with van der Waals surface area (Å²) in [5.74, 6) is -0.678. The SMILES string of the molecule is CCCCCCCCCCCCCCCCCC(=O)O[C@@H](CCCCCCCC)CCCCCCCCC(=O)O. The van der Waals surface area contributed by atoms with E-state index < -0.39 is 5.97 Å². The standard InChI is InChI=1S/C36H70O4/c1-3-5-7-9-11-12-13-14-15-16-17-18-19-25-29-33-36(39)40-34(30-26-22-10-8-6-4-2)31-27-23-20-21-24-28-32-35(37)38/h34H,3-33H2,1-2H3,(H,37,38)/t34-/m0/s1. The summed E-state index contributed by atoms with van der Waals surface area (Å²) in [6.45, 7) is 4.53.